The Morgan fingerprint density at radius 1 is 1.09 bits per heavy atom. The molecule has 174 valence electrons. The van der Waals surface area contributed by atoms with E-state index < -0.39 is 0 Å². The van der Waals surface area contributed by atoms with Crippen molar-refractivity contribution in [2.45, 2.75) is 91.0 Å². The average Bonchev–Trinajstić information content (AvgIpc) is 2.68. The van der Waals surface area contributed by atoms with Crippen LogP contribution in [-0.2, 0) is 9.47 Å². The van der Waals surface area contributed by atoms with Gasteiger partial charge in [0.1, 0.15) is 12.3 Å². The highest BCUT2D eigenvalue weighted by molar-refractivity contribution is 5.71. The number of aromatic nitrogens is 1. The lowest BCUT2D eigenvalue weighted by atomic mass is 9.74. The maximum absolute atomic E-state index is 7.55. The van der Waals surface area contributed by atoms with Crippen molar-refractivity contribution < 1.29 is 9.47 Å². The molecule has 0 bridgehead atoms. The van der Waals surface area contributed by atoms with E-state index in [4.69, 9.17) is 16.0 Å². The fraction of sp³-hybridized carbons (Fsp3) is 0.704. The summed E-state index contributed by atoms with van der Waals surface area (Å²) in [4.78, 5) is 10.4. The quantitative estimate of drug-likeness (QED) is 0.418. The molecule has 3 rings (SSSR count). The van der Waals surface area contributed by atoms with Gasteiger partial charge in [-0.15, -0.1) is 0 Å². The predicted molar refractivity (Wildman–Crippen MR) is 130 cm³/mol. The Morgan fingerprint density at radius 3 is 2.38 bits per heavy atom. The van der Waals surface area contributed by atoms with Crippen molar-refractivity contribution in [3.05, 3.63) is 29.4 Å². The van der Waals surface area contributed by atoms with Crippen molar-refractivity contribution in [2.75, 3.05) is 24.6 Å². The maximum atomic E-state index is 7.55. The smallest absolute Gasteiger partial charge is 0.227 e. The van der Waals surface area contributed by atoms with Gasteiger partial charge < -0.3 is 14.4 Å². The topological polar surface area (TPSA) is 39.0 Å². The molecule has 32 heavy (non-hydrogen) atoms. The SMILES string of the molecule is [C-]#[N+]c1cnc(C#CCOC(C)(C)C)cc1N1CCC(CC2CC(OC(C)(C)C)C2)CC1. The monoisotopic (exact) mass is 437 g/mol. The second kappa shape index (κ2) is 10.2. The lowest BCUT2D eigenvalue weighted by Crippen LogP contribution is -2.40. The summed E-state index contributed by atoms with van der Waals surface area (Å²) in [5, 5.41) is 0. The van der Waals surface area contributed by atoms with Gasteiger partial charge >= 0.3 is 0 Å². The van der Waals surface area contributed by atoms with Crippen LogP contribution in [0.3, 0.4) is 0 Å². The van der Waals surface area contributed by atoms with E-state index in [0.29, 0.717) is 24.1 Å². The first-order valence-electron chi connectivity index (χ1n) is 12.0. The normalized spacial score (nSPS) is 22.0. The number of hydrogen-bond donors (Lipinski definition) is 0. The third kappa shape index (κ3) is 7.51. The van der Waals surface area contributed by atoms with Gasteiger partial charge in [0.25, 0.3) is 0 Å². The molecule has 1 saturated carbocycles. The van der Waals surface area contributed by atoms with E-state index in [9.17, 15) is 0 Å². The molecular formula is C27H39N3O2. The molecular weight excluding hydrogens is 398 g/mol. The van der Waals surface area contributed by atoms with Gasteiger partial charge in [0.2, 0.25) is 5.69 Å². The number of piperidine rings is 1. The lowest BCUT2D eigenvalue weighted by molar-refractivity contribution is -0.115. The third-order valence-corrected chi connectivity index (χ3v) is 6.11. The molecule has 0 N–H and O–H groups in total. The molecule has 1 aromatic heterocycles. The molecule has 1 aliphatic carbocycles. The van der Waals surface area contributed by atoms with Crippen LogP contribution in [-0.4, -0.2) is 42.0 Å². The van der Waals surface area contributed by atoms with E-state index in [1.165, 1.54) is 32.1 Å². The van der Waals surface area contributed by atoms with Crippen LogP contribution in [0, 0.1) is 30.2 Å². The van der Waals surface area contributed by atoms with Crippen molar-refractivity contribution in [2.24, 2.45) is 11.8 Å². The van der Waals surface area contributed by atoms with Gasteiger partial charge in [-0.25, -0.2) is 4.85 Å². The number of rotatable bonds is 5. The fourth-order valence-corrected chi connectivity index (χ4v) is 4.57. The number of pyridine rings is 1. The van der Waals surface area contributed by atoms with Crippen LogP contribution in [0.1, 0.15) is 79.3 Å². The molecule has 0 spiro atoms. The molecule has 2 heterocycles. The highest BCUT2D eigenvalue weighted by Gasteiger charge is 2.35. The lowest BCUT2D eigenvalue weighted by Gasteiger charge is -2.42. The molecule has 2 fully saturated rings. The molecule has 0 unspecified atom stereocenters. The van der Waals surface area contributed by atoms with Crippen molar-refractivity contribution in [3.8, 4) is 11.8 Å². The first-order chi connectivity index (χ1) is 15.0. The summed E-state index contributed by atoms with van der Waals surface area (Å²) >= 11 is 0. The van der Waals surface area contributed by atoms with Crippen LogP contribution in [0.15, 0.2) is 12.3 Å². The first kappa shape index (κ1) is 24.6. The molecule has 0 atom stereocenters. The second-order valence-corrected chi connectivity index (χ2v) is 11.2. The van der Waals surface area contributed by atoms with Crippen molar-refractivity contribution >= 4 is 11.4 Å². The van der Waals surface area contributed by atoms with Crippen LogP contribution >= 0.6 is 0 Å². The average molecular weight is 438 g/mol. The summed E-state index contributed by atoms with van der Waals surface area (Å²) < 4.78 is 11.8. The first-order valence-corrected chi connectivity index (χ1v) is 12.0. The molecule has 0 amide bonds. The maximum Gasteiger partial charge on any atom is 0.227 e. The minimum absolute atomic E-state index is 0.0328. The van der Waals surface area contributed by atoms with Crippen LogP contribution in [0.2, 0.25) is 0 Å². The summed E-state index contributed by atoms with van der Waals surface area (Å²) in [5.41, 5.74) is 2.05. The highest BCUT2D eigenvalue weighted by atomic mass is 16.5. The van der Waals surface area contributed by atoms with Gasteiger partial charge in [-0.05, 0) is 97.5 Å². The van der Waals surface area contributed by atoms with E-state index in [-0.39, 0.29) is 11.2 Å². The van der Waals surface area contributed by atoms with Gasteiger partial charge in [-0.3, -0.25) is 4.98 Å². The summed E-state index contributed by atoms with van der Waals surface area (Å²) in [7, 11) is 0. The number of anilines is 1. The minimum Gasteiger partial charge on any atom is -0.380 e. The summed E-state index contributed by atoms with van der Waals surface area (Å²) in [6, 6.07) is 1.97. The standard InChI is InChI=1S/C27H39N3O2/c1-26(2,3)31-14-8-9-22-18-25(24(28-7)19-29-22)30-12-10-20(11-13-30)15-21-16-23(17-21)32-27(4,5)6/h18-21,23H,10-17H2,1-6H3. The Labute approximate surface area is 194 Å². The molecule has 1 aromatic rings. The summed E-state index contributed by atoms with van der Waals surface area (Å²) in [6.07, 6.45) is 8.21. The Balaban J connectivity index is 1.51. The molecule has 2 aliphatic rings. The van der Waals surface area contributed by atoms with E-state index in [1.807, 2.05) is 26.8 Å². The third-order valence-electron chi connectivity index (χ3n) is 6.11. The number of ether oxygens (including phenoxy) is 2. The molecule has 1 aliphatic heterocycles. The molecule has 0 aromatic carbocycles. The van der Waals surface area contributed by atoms with Crippen molar-refractivity contribution in [1.29, 1.82) is 0 Å². The van der Waals surface area contributed by atoms with Crippen LogP contribution < -0.4 is 4.90 Å². The van der Waals surface area contributed by atoms with Gasteiger partial charge in [-0.1, -0.05) is 5.92 Å². The van der Waals surface area contributed by atoms with Gasteiger partial charge in [0, 0.05) is 25.0 Å². The fourth-order valence-electron chi connectivity index (χ4n) is 4.57. The van der Waals surface area contributed by atoms with Crippen LogP contribution in [0.4, 0.5) is 11.4 Å². The molecule has 1 saturated heterocycles. The largest absolute Gasteiger partial charge is 0.380 e. The zero-order valence-corrected chi connectivity index (χ0v) is 20.7. The van der Waals surface area contributed by atoms with Gasteiger partial charge in [-0.2, -0.15) is 0 Å². The van der Waals surface area contributed by atoms with Crippen LogP contribution in [0.5, 0.6) is 0 Å². The predicted octanol–water partition coefficient (Wildman–Crippen LogP) is 6.00. The van der Waals surface area contributed by atoms with Crippen molar-refractivity contribution in [1.82, 2.24) is 4.98 Å². The zero-order chi connectivity index (χ0) is 23.4. The summed E-state index contributed by atoms with van der Waals surface area (Å²) in [5.74, 6) is 7.73. The van der Waals surface area contributed by atoms with Gasteiger partial charge in [0.15, 0.2) is 0 Å². The minimum atomic E-state index is -0.203. The van der Waals surface area contributed by atoms with E-state index in [1.54, 1.807) is 6.20 Å². The Morgan fingerprint density at radius 2 is 1.78 bits per heavy atom. The van der Waals surface area contributed by atoms with E-state index >= 15 is 0 Å². The van der Waals surface area contributed by atoms with Crippen LogP contribution in [0.25, 0.3) is 4.85 Å². The van der Waals surface area contributed by atoms with Crippen molar-refractivity contribution in [3.63, 3.8) is 0 Å². The van der Waals surface area contributed by atoms with E-state index in [0.717, 1.165) is 30.6 Å². The number of nitrogens with zero attached hydrogens (tertiary/aromatic N) is 3. The highest BCUT2D eigenvalue weighted by Crippen LogP contribution is 2.40. The Kier molecular flexibility index (Phi) is 7.86. The molecule has 5 nitrogen and oxygen atoms in total. The summed E-state index contributed by atoms with van der Waals surface area (Å²) in [6.45, 7) is 22.4. The Bertz CT molecular complexity index is 865. The molecule has 0 radical (unpaired) electrons. The number of hydrogen-bond acceptors (Lipinski definition) is 4. The van der Waals surface area contributed by atoms with E-state index in [2.05, 4.69) is 47.3 Å². The second-order valence-electron chi connectivity index (χ2n) is 11.2. The Hall–Kier alpha value is -2.08. The zero-order valence-electron chi connectivity index (χ0n) is 20.7. The van der Waals surface area contributed by atoms with Gasteiger partial charge in [0.05, 0.1) is 23.9 Å². The molecule has 5 heteroatoms.